The fraction of sp³-hybridized carbons (Fsp3) is 0.222. The zero-order chi connectivity index (χ0) is 16.2. The topological polar surface area (TPSA) is 58.2 Å². The number of fused-ring (bicyclic) bond motifs is 1. The number of carbonyl (C=O) groups excluding carboxylic acids is 2. The van der Waals surface area contributed by atoms with Gasteiger partial charge in [-0.1, -0.05) is 25.1 Å². The van der Waals surface area contributed by atoms with Crippen molar-refractivity contribution in [3.63, 3.8) is 0 Å². The zero-order valence-electron chi connectivity index (χ0n) is 12.8. The van der Waals surface area contributed by atoms with E-state index >= 15 is 0 Å². The lowest BCUT2D eigenvalue weighted by molar-refractivity contribution is -0.117. The summed E-state index contributed by atoms with van der Waals surface area (Å²) in [6.45, 7) is 1.81. The molecular formula is C18H18N2O2S. The van der Waals surface area contributed by atoms with Crippen molar-refractivity contribution in [2.24, 2.45) is 0 Å². The van der Waals surface area contributed by atoms with E-state index < -0.39 is 0 Å². The van der Waals surface area contributed by atoms with Crippen LogP contribution in [0.15, 0.2) is 53.4 Å². The first-order valence-corrected chi connectivity index (χ1v) is 8.58. The summed E-state index contributed by atoms with van der Waals surface area (Å²) in [5.41, 5.74) is 2.57. The number of thioether (sulfide) groups is 1. The number of nitrogens with one attached hydrogen (secondary N) is 2. The first-order chi connectivity index (χ1) is 11.2. The van der Waals surface area contributed by atoms with Gasteiger partial charge < -0.3 is 10.6 Å². The van der Waals surface area contributed by atoms with Gasteiger partial charge in [-0.15, -0.1) is 11.8 Å². The Morgan fingerprint density at radius 3 is 2.39 bits per heavy atom. The van der Waals surface area contributed by atoms with Gasteiger partial charge in [-0.05, 0) is 35.9 Å². The fourth-order valence-electron chi connectivity index (χ4n) is 2.50. The van der Waals surface area contributed by atoms with Gasteiger partial charge >= 0.3 is 0 Å². The molecule has 2 aromatic carbocycles. The van der Waals surface area contributed by atoms with Gasteiger partial charge in [-0.2, -0.15) is 0 Å². The summed E-state index contributed by atoms with van der Waals surface area (Å²) in [6, 6.07) is 15.2. The molecule has 1 atom stereocenters. The highest BCUT2D eigenvalue weighted by Crippen LogP contribution is 2.39. The molecule has 0 aromatic heterocycles. The Morgan fingerprint density at radius 1 is 1.04 bits per heavy atom. The quantitative estimate of drug-likeness (QED) is 0.897. The second kappa shape index (κ2) is 6.87. The molecule has 0 fully saturated rings. The van der Waals surface area contributed by atoms with Gasteiger partial charge in [-0.3, -0.25) is 9.59 Å². The van der Waals surface area contributed by atoms with E-state index in [-0.39, 0.29) is 17.7 Å². The van der Waals surface area contributed by atoms with Crippen molar-refractivity contribution in [2.45, 2.75) is 24.2 Å². The fourth-order valence-corrected chi connectivity index (χ4v) is 3.72. The molecule has 0 aliphatic carbocycles. The molecule has 0 radical (unpaired) electrons. The van der Waals surface area contributed by atoms with Crippen LogP contribution in [0.4, 0.5) is 11.4 Å². The molecule has 2 N–H and O–H groups in total. The van der Waals surface area contributed by atoms with Crippen LogP contribution in [0.3, 0.4) is 0 Å². The van der Waals surface area contributed by atoms with Crippen LogP contribution in [0, 0.1) is 0 Å². The predicted molar refractivity (Wildman–Crippen MR) is 93.9 cm³/mol. The van der Waals surface area contributed by atoms with Crippen molar-refractivity contribution in [3.05, 3.63) is 54.1 Å². The normalized spacial score (nSPS) is 15.8. The van der Waals surface area contributed by atoms with Gasteiger partial charge in [-0.25, -0.2) is 0 Å². The molecule has 0 spiro atoms. The van der Waals surface area contributed by atoms with Crippen LogP contribution >= 0.6 is 11.8 Å². The Balaban J connectivity index is 1.66. The van der Waals surface area contributed by atoms with E-state index in [1.165, 1.54) is 4.90 Å². The molecule has 118 valence electrons. The number of anilines is 2. The lowest BCUT2D eigenvalue weighted by Crippen LogP contribution is -2.21. The van der Waals surface area contributed by atoms with E-state index in [4.69, 9.17) is 0 Å². The second-order valence-electron chi connectivity index (χ2n) is 5.37. The largest absolute Gasteiger partial charge is 0.326 e. The van der Waals surface area contributed by atoms with Crippen LogP contribution in [0.2, 0.25) is 0 Å². The molecule has 1 aliphatic rings. The van der Waals surface area contributed by atoms with Crippen molar-refractivity contribution >= 4 is 35.0 Å². The molecule has 3 rings (SSSR count). The van der Waals surface area contributed by atoms with E-state index in [2.05, 4.69) is 16.7 Å². The van der Waals surface area contributed by atoms with Gasteiger partial charge in [0, 0.05) is 28.4 Å². The average Bonchev–Trinajstić information content (AvgIpc) is 3.00. The molecule has 2 amide bonds. The molecule has 2 aromatic rings. The highest BCUT2D eigenvalue weighted by molar-refractivity contribution is 7.99. The maximum atomic E-state index is 12.5. The van der Waals surface area contributed by atoms with Crippen LogP contribution < -0.4 is 10.6 Å². The van der Waals surface area contributed by atoms with Gasteiger partial charge in [0.1, 0.15) is 0 Å². The number of hydrogen-bond donors (Lipinski definition) is 2. The maximum Gasteiger partial charge on any atom is 0.232 e. The summed E-state index contributed by atoms with van der Waals surface area (Å²) in [5.74, 6) is 0.639. The molecule has 0 unspecified atom stereocenters. The summed E-state index contributed by atoms with van der Waals surface area (Å²) in [6.07, 6.45) is 0.442. The summed E-state index contributed by atoms with van der Waals surface area (Å²) in [4.78, 5) is 25.0. The number of rotatable bonds is 4. The van der Waals surface area contributed by atoms with Crippen LogP contribution in [-0.4, -0.2) is 17.6 Å². The number of amides is 2. The van der Waals surface area contributed by atoms with Gasteiger partial charge in [0.05, 0.1) is 5.92 Å². The lowest BCUT2D eigenvalue weighted by atomic mass is 10.0. The minimum atomic E-state index is -0.115. The van der Waals surface area contributed by atoms with E-state index in [0.717, 1.165) is 22.7 Å². The highest BCUT2D eigenvalue weighted by Gasteiger charge is 2.28. The average molecular weight is 326 g/mol. The Labute approximate surface area is 139 Å². The van der Waals surface area contributed by atoms with Crippen LogP contribution in [0.25, 0.3) is 0 Å². The molecule has 23 heavy (non-hydrogen) atoms. The monoisotopic (exact) mass is 326 g/mol. The number of hydrogen-bond acceptors (Lipinski definition) is 3. The van der Waals surface area contributed by atoms with Crippen LogP contribution in [0.1, 0.15) is 24.8 Å². The Kier molecular flexibility index (Phi) is 4.67. The number of carbonyl (C=O) groups is 2. The van der Waals surface area contributed by atoms with E-state index in [9.17, 15) is 9.59 Å². The third-order valence-corrected chi connectivity index (χ3v) is 4.96. The SMILES string of the molecule is CCC(=O)Nc1ccc(NC(=O)[C@@H]2CSc3ccccc32)cc1. The van der Waals surface area contributed by atoms with Gasteiger partial charge in [0.2, 0.25) is 11.8 Å². The van der Waals surface area contributed by atoms with Crippen LogP contribution in [0.5, 0.6) is 0 Å². The van der Waals surface area contributed by atoms with Crippen molar-refractivity contribution in [3.8, 4) is 0 Å². The van der Waals surface area contributed by atoms with Gasteiger partial charge in [0.15, 0.2) is 0 Å². The minimum absolute atomic E-state index is 0.00722. The zero-order valence-corrected chi connectivity index (χ0v) is 13.7. The molecule has 4 nitrogen and oxygen atoms in total. The molecule has 5 heteroatoms. The molecule has 1 heterocycles. The van der Waals surface area contributed by atoms with Crippen molar-refractivity contribution < 1.29 is 9.59 Å². The standard InChI is InChI=1S/C18H18N2O2S/c1-2-17(21)19-12-7-9-13(10-8-12)20-18(22)15-11-23-16-6-4-3-5-14(15)16/h3-10,15H,2,11H2,1H3,(H,19,21)(H,20,22)/t15-/m1/s1. The molecule has 0 bridgehead atoms. The Hall–Kier alpha value is -2.27. The first-order valence-electron chi connectivity index (χ1n) is 7.60. The minimum Gasteiger partial charge on any atom is -0.326 e. The summed E-state index contributed by atoms with van der Waals surface area (Å²) in [7, 11) is 0. The lowest BCUT2D eigenvalue weighted by Gasteiger charge is -2.12. The third kappa shape index (κ3) is 3.56. The third-order valence-electron chi connectivity index (χ3n) is 3.77. The molecular weight excluding hydrogens is 308 g/mol. The van der Waals surface area contributed by atoms with Crippen LogP contribution in [-0.2, 0) is 9.59 Å². The van der Waals surface area contributed by atoms with E-state index in [1.54, 1.807) is 43.0 Å². The maximum absolute atomic E-state index is 12.5. The predicted octanol–water partition coefficient (Wildman–Crippen LogP) is 3.86. The second-order valence-corrected chi connectivity index (χ2v) is 6.43. The number of benzene rings is 2. The van der Waals surface area contributed by atoms with Crippen molar-refractivity contribution in [1.82, 2.24) is 0 Å². The van der Waals surface area contributed by atoms with Gasteiger partial charge in [0.25, 0.3) is 0 Å². The first kappa shape index (κ1) is 15.6. The molecule has 1 aliphatic heterocycles. The molecule has 0 saturated carbocycles. The summed E-state index contributed by atoms with van der Waals surface area (Å²) in [5, 5.41) is 5.74. The smallest absolute Gasteiger partial charge is 0.232 e. The molecule has 0 saturated heterocycles. The summed E-state index contributed by atoms with van der Waals surface area (Å²) >= 11 is 1.72. The Morgan fingerprint density at radius 2 is 1.70 bits per heavy atom. The van der Waals surface area contributed by atoms with E-state index in [1.807, 2.05) is 18.2 Å². The van der Waals surface area contributed by atoms with Crippen molar-refractivity contribution in [1.29, 1.82) is 0 Å². The Bertz CT molecular complexity index is 728. The van der Waals surface area contributed by atoms with Crippen molar-refractivity contribution in [2.75, 3.05) is 16.4 Å². The highest BCUT2D eigenvalue weighted by atomic mass is 32.2. The van der Waals surface area contributed by atoms with E-state index in [0.29, 0.717) is 6.42 Å². The summed E-state index contributed by atoms with van der Waals surface area (Å²) < 4.78 is 0.